The summed E-state index contributed by atoms with van der Waals surface area (Å²) >= 11 is 6.03. The number of carbonyl (C=O) groups is 1. The maximum atomic E-state index is 12.6. The maximum Gasteiger partial charge on any atom is 0.262 e. The third-order valence-electron chi connectivity index (χ3n) is 3.93. The molecule has 1 heterocycles. The van der Waals surface area contributed by atoms with Gasteiger partial charge in [0.15, 0.2) is 0 Å². The van der Waals surface area contributed by atoms with Crippen molar-refractivity contribution in [2.24, 2.45) is 5.92 Å². The number of piperidine rings is 1. The van der Waals surface area contributed by atoms with Gasteiger partial charge < -0.3 is 4.90 Å². The van der Waals surface area contributed by atoms with Crippen molar-refractivity contribution < 1.29 is 13.2 Å². The van der Waals surface area contributed by atoms with Gasteiger partial charge in [0.05, 0.1) is 15.5 Å². The van der Waals surface area contributed by atoms with Gasteiger partial charge in [0.25, 0.3) is 15.0 Å². The Morgan fingerprint density at radius 3 is 2.48 bits per heavy atom. The summed E-state index contributed by atoms with van der Waals surface area (Å²) in [5, 5.41) is 0.110. The van der Waals surface area contributed by atoms with E-state index < -0.39 is 9.05 Å². The summed E-state index contributed by atoms with van der Waals surface area (Å²) < 4.78 is 23.3. The number of rotatable bonds is 3. The molecule has 1 aromatic carbocycles. The lowest BCUT2D eigenvalue weighted by atomic mass is 9.94. The first kappa shape index (κ1) is 16.6. The van der Waals surface area contributed by atoms with E-state index in [4.69, 9.17) is 22.3 Å². The number of nitrogens with zero attached hydrogens (tertiary/aromatic N) is 1. The average Bonchev–Trinajstić information content (AvgIpc) is 2.45. The van der Waals surface area contributed by atoms with E-state index in [-0.39, 0.29) is 21.4 Å². The summed E-state index contributed by atoms with van der Waals surface area (Å²) in [5.74, 6) is 0.255. The standard InChI is InChI=1S/C14H17Cl2NO3S/c1-2-10-6-8-17(9-7-10)14(18)13-11(15)4-3-5-12(13)21(16,19)20/h3-5,10H,2,6-9H2,1H3. The zero-order chi connectivity index (χ0) is 15.6. The molecule has 0 atom stereocenters. The summed E-state index contributed by atoms with van der Waals surface area (Å²) in [6.07, 6.45) is 2.95. The van der Waals surface area contributed by atoms with Crippen LogP contribution in [0.3, 0.4) is 0 Å². The monoisotopic (exact) mass is 349 g/mol. The molecule has 4 nitrogen and oxygen atoms in total. The molecule has 1 amide bonds. The first-order chi connectivity index (χ1) is 9.84. The second-order valence-corrected chi connectivity index (χ2v) is 8.14. The van der Waals surface area contributed by atoms with Crippen molar-refractivity contribution in [2.45, 2.75) is 31.1 Å². The summed E-state index contributed by atoms with van der Waals surface area (Å²) in [4.78, 5) is 14.0. The fourth-order valence-electron chi connectivity index (χ4n) is 2.62. The Bertz CT molecular complexity index is 638. The molecule has 0 N–H and O–H groups in total. The number of amides is 1. The second kappa shape index (κ2) is 6.55. The lowest BCUT2D eigenvalue weighted by Crippen LogP contribution is -2.39. The number of halogens is 2. The van der Waals surface area contributed by atoms with Crippen LogP contribution in [0.2, 0.25) is 5.02 Å². The normalized spacial score (nSPS) is 17.0. The molecular formula is C14H17Cl2NO3S. The van der Waals surface area contributed by atoms with E-state index in [1.807, 2.05) is 0 Å². The van der Waals surface area contributed by atoms with Crippen molar-refractivity contribution >= 4 is 37.2 Å². The Morgan fingerprint density at radius 1 is 1.33 bits per heavy atom. The molecule has 1 saturated heterocycles. The number of hydrogen-bond acceptors (Lipinski definition) is 3. The Hall–Kier alpha value is -0.780. The van der Waals surface area contributed by atoms with Gasteiger partial charge in [0.1, 0.15) is 0 Å². The first-order valence-electron chi connectivity index (χ1n) is 6.87. The fraction of sp³-hybridized carbons (Fsp3) is 0.500. The Labute approximate surface area is 134 Å². The third kappa shape index (κ3) is 3.71. The summed E-state index contributed by atoms with van der Waals surface area (Å²) in [6, 6.07) is 4.27. The zero-order valence-corrected chi connectivity index (χ0v) is 14.0. The molecule has 1 aromatic rings. The quantitative estimate of drug-likeness (QED) is 0.784. The average molecular weight is 350 g/mol. The highest BCUT2D eigenvalue weighted by atomic mass is 35.7. The van der Waals surface area contributed by atoms with Gasteiger partial charge >= 0.3 is 0 Å². The lowest BCUT2D eigenvalue weighted by Gasteiger charge is -2.32. The fourth-order valence-corrected chi connectivity index (χ4v) is 4.00. The van der Waals surface area contributed by atoms with E-state index in [2.05, 4.69) is 6.92 Å². The van der Waals surface area contributed by atoms with Gasteiger partial charge in [-0.3, -0.25) is 4.79 Å². The number of hydrogen-bond donors (Lipinski definition) is 0. The van der Waals surface area contributed by atoms with E-state index in [1.54, 1.807) is 4.90 Å². The molecule has 1 fully saturated rings. The van der Waals surface area contributed by atoms with Crippen LogP contribution in [-0.2, 0) is 9.05 Å². The Morgan fingerprint density at radius 2 is 1.95 bits per heavy atom. The van der Waals surface area contributed by atoms with Crippen molar-refractivity contribution in [3.8, 4) is 0 Å². The molecule has 0 aliphatic carbocycles. The van der Waals surface area contributed by atoms with Crippen LogP contribution in [0.1, 0.15) is 36.5 Å². The minimum Gasteiger partial charge on any atom is -0.339 e. The molecule has 116 valence electrons. The molecule has 7 heteroatoms. The highest BCUT2D eigenvalue weighted by molar-refractivity contribution is 8.13. The largest absolute Gasteiger partial charge is 0.339 e. The Balaban J connectivity index is 2.32. The van der Waals surface area contributed by atoms with Crippen LogP contribution in [0.15, 0.2) is 23.1 Å². The smallest absolute Gasteiger partial charge is 0.262 e. The molecule has 21 heavy (non-hydrogen) atoms. The van der Waals surface area contributed by atoms with Gasteiger partial charge in [0.2, 0.25) is 0 Å². The Kier molecular flexibility index (Phi) is 5.17. The van der Waals surface area contributed by atoms with Gasteiger partial charge in [-0.15, -0.1) is 0 Å². The van der Waals surface area contributed by atoms with Crippen LogP contribution < -0.4 is 0 Å². The number of benzene rings is 1. The van der Waals surface area contributed by atoms with Crippen molar-refractivity contribution in [3.63, 3.8) is 0 Å². The molecule has 2 rings (SSSR count). The summed E-state index contributed by atoms with van der Waals surface area (Å²) in [5.41, 5.74) is -0.0240. The van der Waals surface area contributed by atoms with Crippen LogP contribution in [-0.4, -0.2) is 32.3 Å². The van der Waals surface area contributed by atoms with Crippen molar-refractivity contribution in [3.05, 3.63) is 28.8 Å². The van der Waals surface area contributed by atoms with E-state index >= 15 is 0 Å². The molecule has 0 radical (unpaired) electrons. The van der Waals surface area contributed by atoms with Crippen molar-refractivity contribution in [2.75, 3.05) is 13.1 Å². The molecule has 0 aromatic heterocycles. The number of carbonyl (C=O) groups excluding carboxylic acids is 1. The summed E-state index contributed by atoms with van der Waals surface area (Å²) in [6.45, 7) is 3.36. The minimum absolute atomic E-state index is 0.0240. The van der Waals surface area contributed by atoms with Gasteiger partial charge in [0, 0.05) is 23.8 Å². The van der Waals surface area contributed by atoms with Crippen molar-refractivity contribution in [1.29, 1.82) is 0 Å². The molecule has 0 spiro atoms. The van der Waals surface area contributed by atoms with Gasteiger partial charge in [-0.2, -0.15) is 0 Å². The molecule has 1 aliphatic rings. The van der Waals surface area contributed by atoms with E-state index in [0.29, 0.717) is 19.0 Å². The van der Waals surface area contributed by atoms with Crippen LogP contribution in [0, 0.1) is 5.92 Å². The molecule has 0 unspecified atom stereocenters. The van der Waals surface area contributed by atoms with Gasteiger partial charge in [-0.25, -0.2) is 8.42 Å². The highest BCUT2D eigenvalue weighted by Gasteiger charge is 2.29. The van der Waals surface area contributed by atoms with E-state index in [0.717, 1.165) is 19.3 Å². The van der Waals surface area contributed by atoms with E-state index in [9.17, 15) is 13.2 Å². The van der Waals surface area contributed by atoms with Crippen LogP contribution in [0.25, 0.3) is 0 Å². The molecule has 0 saturated carbocycles. The summed E-state index contributed by atoms with van der Waals surface area (Å²) in [7, 11) is 1.39. The van der Waals surface area contributed by atoms with E-state index in [1.165, 1.54) is 18.2 Å². The van der Waals surface area contributed by atoms with Crippen LogP contribution >= 0.6 is 22.3 Å². The molecule has 1 aliphatic heterocycles. The lowest BCUT2D eigenvalue weighted by molar-refractivity contribution is 0.0685. The molecule has 0 bridgehead atoms. The van der Waals surface area contributed by atoms with Crippen LogP contribution in [0.4, 0.5) is 0 Å². The minimum atomic E-state index is -4.01. The highest BCUT2D eigenvalue weighted by Crippen LogP contribution is 2.29. The zero-order valence-electron chi connectivity index (χ0n) is 11.7. The topological polar surface area (TPSA) is 54.5 Å². The molecular weight excluding hydrogens is 333 g/mol. The van der Waals surface area contributed by atoms with Crippen molar-refractivity contribution in [1.82, 2.24) is 4.90 Å². The second-order valence-electron chi connectivity index (χ2n) is 5.19. The first-order valence-corrected chi connectivity index (χ1v) is 9.55. The third-order valence-corrected chi connectivity index (χ3v) is 5.61. The predicted molar refractivity (Wildman–Crippen MR) is 83.4 cm³/mol. The van der Waals surface area contributed by atoms with Gasteiger partial charge in [-0.05, 0) is 30.9 Å². The maximum absolute atomic E-state index is 12.6. The number of likely N-dealkylation sites (tertiary alicyclic amines) is 1. The predicted octanol–water partition coefficient (Wildman–Crippen LogP) is 3.53. The van der Waals surface area contributed by atoms with Gasteiger partial charge in [-0.1, -0.05) is 31.0 Å². The van der Waals surface area contributed by atoms with Crippen LogP contribution in [0.5, 0.6) is 0 Å². The SMILES string of the molecule is CCC1CCN(C(=O)c2c(Cl)cccc2S(=O)(=O)Cl)CC1.